The number of amides is 2. The molecule has 0 radical (unpaired) electrons. The topological polar surface area (TPSA) is 91.5 Å². The number of aromatic nitrogens is 2. The summed E-state index contributed by atoms with van der Waals surface area (Å²) in [5, 5.41) is 15.4. The van der Waals surface area contributed by atoms with Crippen LogP contribution in [-0.4, -0.2) is 45.9 Å². The summed E-state index contributed by atoms with van der Waals surface area (Å²) in [7, 11) is 0. The first-order chi connectivity index (χ1) is 9.72. The van der Waals surface area contributed by atoms with Crippen LogP contribution in [0.25, 0.3) is 0 Å². The average molecular weight is 282 g/mol. The van der Waals surface area contributed by atoms with E-state index in [1.165, 1.54) is 0 Å². The molecule has 1 saturated heterocycles. The van der Waals surface area contributed by atoms with Crippen LogP contribution in [0.15, 0.2) is 4.52 Å². The Kier molecular flexibility index (Phi) is 5.34. The van der Waals surface area contributed by atoms with Gasteiger partial charge in [0.15, 0.2) is 5.82 Å². The number of likely N-dealkylation sites (tertiary alicyclic amines) is 1. The van der Waals surface area contributed by atoms with Crippen molar-refractivity contribution in [3.63, 3.8) is 0 Å². The monoisotopic (exact) mass is 282 g/mol. The number of aryl methyl sites for hydroxylation is 1. The summed E-state index contributed by atoms with van der Waals surface area (Å²) < 4.78 is 4.96. The van der Waals surface area contributed by atoms with E-state index in [0.717, 1.165) is 32.2 Å². The number of hydrogen-bond acceptors (Lipinski definition) is 5. The summed E-state index contributed by atoms with van der Waals surface area (Å²) in [5.74, 6) is 1.09. The first-order valence-electron chi connectivity index (χ1n) is 7.22. The molecule has 20 heavy (non-hydrogen) atoms. The van der Waals surface area contributed by atoms with Gasteiger partial charge in [0.25, 0.3) is 0 Å². The maximum Gasteiger partial charge on any atom is 0.329 e. The van der Waals surface area contributed by atoms with Crippen LogP contribution in [0.1, 0.15) is 38.4 Å². The van der Waals surface area contributed by atoms with Crippen molar-refractivity contribution in [3.8, 4) is 0 Å². The van der Waals surface area contributed by atoms with Crippen molar-refractivity contribution in [2.45, 2.75) is 39.0 Å². The van der Waals surface area contributed by atoms with Crippen LogP contribution in [0.5, 0.6) is 0 Å². The van der Waals surface area contributed by atoms with Crippen LogP contribution in [0.3, 0.4) is 0 Å². The van der Waals surface area contributed by atoms with Gasteiger partial charge in [-0.1, -0.05) is 12.1 Å². The van der Waals surface area contributed by atoms with E-state index in [9.17, 15) is 4.79 Å². The number of nitrogens with zero attached hydrogens (tertiary/aromatic N) is 3. The molecule has 1 aromatic rings. The highest BCUT2D eigenvalue weighted by Crippen LogP contribution is 2.20. The predicted molar refractivity (Wildman–Crippen MR) is 73.3 cm³/mol. The molecule has 112 valence electrons. The van der Waals surface area contributed by atoms with Gasteiger partial charge in [0.1, 0.15) is 0 Å². The Labute approximate surface area is 118 Å². The molecule has 7 nitrogen and oxygen atoms in total. The predicted octanol–water partition coefficient (Wildman–Crippen LogP) is 1.65. The van der Waals surface area contributed by atoms with Gasteiger partial charge >= 0.3 is 12.0 Å². The second-order valence-electron chi connectivity index (χ2n) is 5.10. The Balaban J connectivity index is 1.85. The van der Waals surface area contributed by atoms with Gasteiger partial charge in [-0.05, 0) is 31.6 Å². The second-order valence-corrected chi connectivity index (χ2v) is 5.10. The molecule has 2 heterocycles. The number of carbonyl (C=O) groups is 1. The molecule has 7 heteroatoms. The third kappa shape index (κ3) is 3.93. The Morgan fingerprint density at radius 2 is 2.35 bits per heavy atom. The van der Waals surface area contributed by atoms with E-state index in [1.807, 2.05) is 6.92 Å². The molecular weight excluding hydrogens is 260 g/mol. The van der Waals surface area contributed by atoms with E-state index in [0.29, 0.717) is 24.7 Å². The van der Waals surface area contributed by atoms with Crippen LogP contribution in [0.2, 0.25) is 0 Å². The van der Waals surface area contributed by atoms with E-state index in [-0.39, 0.29) is 18.7 Å². The van der Waals surface area contributed by atoms with E-state index in [2.05, 4.69) is 15.5 Å². The molecule has 0 spiro atoms. The third-order valence-electron chi connectivity index (χ3n) is 3.67. The van der Waals surface area contributed by atoms with Crippen molar-refractivity contribution in [3.05, 3.63) is 5.82 Å². The van der Waals surface area contributed by atoms with E-state index >= 15 is 0 Å². The lowest BCUT2D eigenvalue weighted by molar-refractivity contribution is 0.210. The van der Waals surface area contributed by atoms with E-state index in [1.54, 1.807) is 4.90 Å². The number of aliphatic hydroxyl groups is 1. The fourth-order valence-corrected chi connectivity index (χ4v) is 2.46. The Morgan fingerprint density at radius 3 is 3.05 bits per heavy atom. The van der Waals surface area contributed by atoms with Crippen molar-refractivity contribution < 1.29 is 14.4 Å². The average Bonchev–Trinajstić information content (AvgIpc) is 2.76. The van der Waals surface area contributed by atoms with Gasteiger partial charge in [-0.15, -0.1) is 0 Å². The molecule has 2 rings (SSSR count). The third-order valence-corrected chi connectivity index (χ3v) is 3.67. The van der Waals surface area contributed by atoms with Crippen molar-refractivity contribution in [2.24, 2.45) is 5.92 Å². The SMILES string of the molecule is CCc1noc(NC(=O)N2CCCC(CCO)CC2)n1. The van der Waals surface area contributed by atoms with Gasteiger partial charge in [-0.25, -0.2) is 4.79 Å². The molecule has 2 amide bonds. The van der Waals surface area contributed by atoms with Crippen LogP contribution in [0.4, 0.5) is 10.8 Å². The molecule has 0 aliphatic carbocycles. The van der Waals surface area contributed by atoms with Crippen LogP contribution < -0.4 is 5.32 Å². The molecule has 1 aliphatic rings. The molecule has 2 N–H and O–H groups in total. The number of anilines is 1. The van der Waals surface area contributed by atoms with Crippen molar-refractivity contribution >= 4 is 12.0 Å². The van der Waals surface area contributed by atoms with Gasteiger partial charge < -0.3 is 14.5 Å². The lowest BCUT2D eigenvalue weighted by Crippen LogP contribution is -2.35. The van der Waals surface area contributed by atoms with Gasteiger partial charge in [0, 0.05) is 26.1 Å². The first-order valence-corrected chi connectivity index (χ1v) is 7.22. The molecule has 1 aromatic heterocycles. The number of carbonyl (C=O) groups excluding carboxylic acids is 1. The number of rotatable bonds is 4. The zero-order valence-corrected chi connectivity index (χ0v) is 11.8. The summed E-state index contributed by atoms with van der Waals surface area (Å²) in [6, 6.07) is -0.0380. The summed E-state index contributed by atoms with van der Waals surface area (Å²) in [4.78, 5) is 18.0. The normalized spacial score (nSPS) is 19.7. The quantitative estimate of drug-likeness (QED) is 0.876. The maximum atomic E-state index is 12.1. The first kappa shape index (κ1) is 14.8. The number of aliphatic hydroxyl groups excluding tert-OH is 1. The lowest BCUT2D eigenvalue weighted by Gasteiger charge is -2.19. The fourth-order valence-electron chi connectivity index (χ4n) is 2.46. The molecule has 1 unspecified atom stereocenters. The van der Waals surface area contributed by atoms with Crippen LogP contribution in [0, 0.1) is 5.92 Å². The van der Waals surface area contributed by atoms with Gasteiger partial charge in [0.2, 0.25) is 0 Å². The van der Waals surface area contributed by atoms with E-state index < -0.39 is 0 Å². The number of urea groups is 1. The minimum Gasteiger partial charge on any atom is -0.396 e. The van der Waals surface area contributed by atoms with Crippen molar-refractivity contribution in [1.29, 1.82) is 0 Å². The molecule has 0 saturated carbocycles. The highest BCUT2D eigenvalue weighted by Gasteiger charge is 2.21. The highest BCUT2D eigenvalue weighted by atomic mass is 16.5. The minimum atomic E-state index is -0.194. The van der Waals surface area contributed by atoms with Crippen molar-refractivity contribution in [1.82, 2.24) is 15.0 Å². The Hall–Kier alpha value is -1.63. The van der Waals surface area contributed by atoms with Gasteiger partial charge in [-0.2, -0.15) is 4.98 Å². The lowest BCUT2D eigenvalue weighted by atomic mass is 9.98. The summed E-state index contributed by atoms with van der Waals surface area (Å²) >= 11 is 0. The molecular formula is C13H22N4O3. The summed E-state index contributed by atoms with van der Waals surface area (Å²) in [5.41, 5.74) is 0. The van der Waals surface area contributed by atoms with Crippen LogP contribution >= 0.6 is 0 Å². The number of nitrogens with one attached hydrogen (secondary N) is 1. The van der Waals surface area contributed by atoms with Gasteiger partial charge in [0.05, 0.1) is 0 Å². The van der Waals surface area contributed by atoms with Gasteiger partial charge in [-0.3, -0.25) is 5.32 Å². The zero-order chi connectivity index (χ0) is 14.4. The van der Waals surface area contributed by atoms with Crippen molar-refractivity contribution in [2.75, 3.05) is 25.0 Å². The maximum absolute atomic E-state index is 12.1. The summed E-state index contributed by atoms with van der Waals surface area (Å²) in [6.45, 7) is 3.57. The largest absolute Gasteiger partial charge is 0.396 e. The number of hydrogen-bond donors (Lipinski definition) is 2. The Morgan fingerprint density at radius 1 is 1.50 bits per heavy atom. The highest BCUT2D eigenvalue weighted by molar-refractivity contribution is 5.87. The standard InChI is InChI=1S/C13H22N4O3/c1-2-11-14-12(20-16-11)15-13(19)17-7-3-4-10(5-8-17)6-9-18/h10,18H,2-9H2,1H3,(H,14,15,16,19). The van der Waals surface area contributed by atoms with Crippen LogP contribution in [-0.2, 0) is 6.42 Å². The summed E-state index contributed by atoms with van der Waals surface area (Å²) in [6.07, 6.45) is 4.44. The molecule has 1 atom stereocenters. The second kappa shape index (κ2) is 7.23. The fraction of sp³-hybridized carbons (Fsp3) is 0.769. The molecule has 0 aromatic carbocycles. The smallest absolute Gasteiger partial charge is 0.329 e. The molecule has 1 aliphatic heterocycles. The van der Waals surface area contributed by atoms with E-state index in [4.69, 9.17) is 9.63 Å². The molecule has 1 fully saturated rings. The minimum absolute atomic E-state index is 0.156. The zero-order valence-electron chi connectivity index (χ0n) is 11.8. The Bertz CT molecular complexity index is 435. The molecule has 0 bridgehead atoms.